The van der Waals surface area contributed by atoms with Crippen LogP contribution in [0, 0.1) is 12.7 Å². The van der Waals surface area contributed by atoms with Crippen LogP contribution >= 0.6 is 0 Å². The van der Waals surface area contributed by atoms with Crippen LogP contribution < -0.4 is 11.4 Å². The second kappa shape index (κ2) is 4.61. The second-order valence-electron chi connectivity index (χ2n) is 4.87. The number of benzene rings is 2. The Bertz CT molecular complexity index is 834. The molecule has 1 heterocycles. The highest BCUT2D eigenvalue weighted by molar-refractivity contribution is 5.75. The van der Waals surface area contributed by atoms with Gasteiger partial charge in [0.05, 0.1) is 17.1 Å². The number of aromatic amines is 2. The van der Waals surface area contributed by atoms with Crippen LogP contribution in [0.5, 0.6) is 0 Å². The molecule has 102 valence electrons. The predicted molar refractivity (Wildman–Crippen MR) is 76.1 cm³/mol. The summed E-state index contributed by atoms with van der Waals surface area (Å²) in [5.74, 6) is -0.244. The number of hydrogen-bond donors (Lipinski definition) is 3. The molecular formula is C15H14FN3O. The number of fused-ring (bicyclic) bond motifs is 1. The molecule has 0 aliphatic carbocycles. The largest absolute Gasteiger partial charge is 0.323 e. The first-order chi connectivity index (χ1) is 9.54. The highest BCUT2D eigenvalue weighted by Crippen LogP contribution is 2.23. The van der Waals surface area contributed by atoms with Crippen LogP contribution in [0.25, 0.3) is 11.0 Å². The Morgan fingerprint density at radius 3 is 2.45 bits per heavy atom. The number of imidazole rings is 1. The molecule has 20 heavy (non-hydrogen) atoms. The highest BCUT2D eigenvalue weighted by Gasteiger charge is 2.11. The van der Waals surface area contributed by atoms with E-state index in [1.54, 1.807) is 25.1 Å². The van der Waals surface area contributed by atoms with Gasteiger partial charge >= 0.3 is 5.69 Å². The minimum atomic E-state index is -0.364. The minimum absolute atomic E-state index is 0.244. The molecule has 0 spiro atoms. The summed E-state index contributed by atoms with van der Waals surface area (Å²) in [6.07, 6.45) is 0. The molecule has 0 bridgehead atoms. The van der Waals surface area contributed by atoms with E-state index in [1.807, 2.05) is 12.1 Å². The van der Waals surface area contributed by atoms with Gasteiger partial charge in [-0.05, 0) is 41.8 Å². The minimum Gasteiger partial charge on any atom is -0.320 e. The van der Waals surface area contributed by atoms with E-state index in [2.05, 4.69) is 9.97 Å². The van der Waals surface area contributed by atoms with Gasteiger partial charge in [-0.25, -0.2) is 9.18 Å². The molecule has 5 heteroatoms. The third kappa shape index (κ3) is 2.12. The number of nitrogens with one attached hydrogen (secondary N) is 2. The van der Waals surface area contributed by atoms with Crippen molar-refractivity contribution in [3.8, 4) is 0 Å². The fraction of sp³-hybridized carbons (Fsp3) is 0.133. The zero-order chi connectivity index (χ0) is 14.3. The van der Waals surface area contributed by atoms with Crippen molar-refractivity contribution in [3.05, 3.63) is 69.4 Å². The van der Waals surface area contributed by atoms with E-state index in [1.165, 1.54) is 6.07 Å². The summed E-state index contributed by atoms with van der Waals surface area (Å²) in [7, 11) is 0. The number of aryl methyl sites for hydroxylation is 1. The standard InChI is InChI=1S/C15H14FN3O/c1-8-6-9(2-4-11(8)16)14(17)10-3-5-12-13(7-10)19-15(20)18-12/h2-7,14H,17H2,1H3,(H2,18,19,20). The lowest BCUT2D eigenvalue weighted by Crippen LogP contribution is -2.12. The zero-order valence-electron chi connectivity index (χ0n) is 10.9. The lowest BCUT2D eigenvalue weighted by molar-refractivity contribution is 0.617. The van der Waals surface area contributed by atoms with E-state index in [0.29, 0.717) is 11.1 Å². The van der Waals surface area contributed by atoms with Gasteiger partial charge in [-0.2, -0.15) is 0 Å². The summed E-state index contributed by atoms with van der Waals surface area (Å²) in [5, 5.41) is 0. The quantitative estimate of drug-likeness (QED) is 0.669. The molecule has 0 radical (unpaired) electrons. The van der Waals surface area contributed by atoms with Crippen LogP contribution in [0.2, 0.25) is 0 Å². The number of halogens is 1. The topological polar surface area (TPSA) is 74.7 Å². The lowest BCUT2D eigenvalue weighted by Gasteiger charge is -2.13. The van der Waals surface area contributed by atoms with Gasteiger partial charge in [-0.1, -0.05) is 18.2 Å². The second-order valence-corrected chi connectivity index (χ2v) is 4.87. The predicted octanol–water partition coefficient (Wildman–Crippen LogP) is 2.35. The molecule has 0 fully saturated rings. The van der Waals surface area contributed by atoms with Crippen molar-refractivity contribution in [1.82, 2.24) is 9.97 Å². The molecule has 3 rings (SSSR count). The van der Waals surface area contributed by atoms with E-state index < -0.39 is 0 Å². The SMILES string of the molecule is Cc1cc(C(N)c2ccc3[nH]c(=O)[nH]c3c2)ccc1F. The van der Waals surface area contributed by atoms with Crippen LogP contribution in [-0.2, 0) is 0 Å². The number of H-pyrrole nitrogens is 2. The van der Waals surface area contributed by atoms with Crippen LogP contribution in [-0.4, -0.2) is 9.97 Å². The maximum atomic E-state index is 13.3. The van der Waals surface area contributed by atoms with Crippen LogP contribution in [0.3, 0.4) is 0 Å². The number of rotatable bonds is 2. The van der Waals surface area contributed by atoms with E-state index >= 15 is 0 Å². The van der Waals surface area contributed by atoms with Gasteiger partial charge in [0, 0.05) is 0 Å². The molecule has 0 amide bonds. The highest BCUT2D eigenvalue weighted by atomic mass is 19.1. The molecule has 1 unspecified atom stereocenters. The van der Waals surface area contributed by atoms with Gasteiger partial charge in [0.1, 0.15) is 5.82 Å². The normalized spacial score (nSPS) is 12.8. The molecular weight excluding hydrogens is 257 g/mol. The summed E-state index contributed by atoms with van der Waals surface area (Å²) in [6.45, 7) is 1.71. The van der Waals surface area contributed by atoms with E-state index in [0.717, 1.165) is 16.6 Å². The van der Waals surface area contributed by atoms with Crippen molar-refractivity contribution in [2.45, 2.75) is 13.0 Å². The first kappa shape index (κ1) is 12.6. The molecule has 4 N–H and O–H groups in total. The van der Waals surface area contributed by atoms with Gasteiger partial charge in [0.25, 0.3) is 0 Å². The maximum Gasteiger partial charge on any atom is 0.323 e. The number of nitrogens with two attached hydrogens (primary N) is 1. The average molecular weight is 271 g/mol. The Morgan fingerprint density at radius 1 is 1.05 bits per heavy atom. The summed E-state index contributed by atoms with van der Waals surface area (Å²) >= 11 is 0. The Morgan fingerprint density at radius 2 is 1.70 bits per heavy atom. The average Bonchev–Trinajstić information content (AvgIpc) is 2.80. The van der Waals surface area contributed by atoms with Crippen molar-refractivity contribution in [1.29, 1.82) is 0 Å². The molecule has 2 aromatic carbocycles. The molecule has 0 saturated heterocycles. The third-order valence-electron chi connectivity index (χ3n) is 3.44. The molecule has 1 atom stereocenters. The van der Waals surface area contributed by atoms with Gasteiger partial charge in [0.15, 0.2) is 0 Å². The van der Waals surface area contributed by atoms with Crippen molar-refractivity contribution in [2.24, 2.45) is 5.73 Å². The molecule has 3 aromatic rings. The van der Waals surface area contributed by atoms with Crippen molar-refractivity contribution >= 4 is 11.0 Å². The van der Waals surface area contributed by atoms with E-state index in [9.17, 15) is 9.18 Å². The molecule has 0 aliphatic rings. The summed E-state index contributed by atoms with van der Waals surface area (Å²) < 4.78 is 13.3. The molecule has 0 aliphatic heterocycles. The van der Waals surface area contributed by atoms with E-state index in [4.69, 9.17) is 5.73 Å². The van der Waals surface area contributed by atoms with Crippen LogP contribution in [0.4, 0.5) is 4.39 Å². The Kier molecular flexibility index (Phi) is 2.91. The van der Waals surface area contributed by atoms with E-state index in [-0.39, 0.29) is 17.5 Å². The summed E-state index contributed by atoms with van der Waals surface area (Å²) in [5.41, 5.74) is 9.67. The fourth-order valence-corrected chi connectivity index (χ4v) is 2.30. The Balaban J connectivity index is 2.04. The molecule has 0 saturated carbocycles. The monoisotopic (exact) mass is 271 g/mol. The van der Waals surface area contributed by atoms with Gasteiger partial charge in [0.2, 0.25) is 0 Å². The van der Waals surface area contributed by atoms with Gasteiger partial charge in [-0.3, -0.25) is 0 Å². The number of hydrogen-bond acceptors (Lipinski definition) is 2. The summed E-state index contributed by atoms with van der Waals surface area (Å²) in [4.78, 5) is 16.6. The summed E-state index contributed by atoms with van der Waals surface area (Å²) in [6, 6.07) is 9.96. The van der Waals surface area contributed by atoms with Crippen molar-refractivity contribution in [2.75, 3.05) is 0 Å². The first-order valence-electron chi connectivity index (χ1n) is 6.28. The van der Waals surface area contributed by atoms with Crippen LogP contribution in [0.1, 0.15) is 22.7 Å². The Labute approximate surface area is 114 Å². The first-order valence-corrected chi connectivity index (χ1v) is 6.28. The van der Waals surface area contributed by atoms with Gasteiger partial charge in [-0.15, -0.1) is 0 Å². The third-order valence-corrected chi connectivity index (χ3v) is 3.44. The van der Waals surface area contributed by atoms with Crippen molar-refractivity contribution in [3.63, 3.8) is 0 Å². The zero-order valence-corrected chi connectivity index (χ0v) is 10.9. The lowest BCUT2D eigenvalue weighted by atomic mass is 9.98. The van der Waals surface area contributed by atoms with Gasteiger partial charge < -0.3 is 15.7 Å². The molecule has 4 nitrogen and oxygen atoms in total. The molecule has 1 aromatic heterocycles. The number of aromatic nitrogens is 2. The fourth-order valence-electron chi connectivity index (χ4n) is 2.30. The maximum absolute atomic E-state index is 13.3. The Hall–Kier alpha value is -2.40. The van der Waals surface area contributed by atoms with Crippen LogP contribution in [0.15, 0.2) is 41.2 Å². The van der Waals surface area contributed by atoms with Crippen molar-refractivity contribution < 1.29 is 4.39 Å². The smallest absolute Gasteiger partial charge is 0.320 e.